The molecule has 2 aromatic carbocycles. The third-order valence-corrected chi connectivity index (χ3v) is 17.7. The minimum atomic E-state index is -2.80. The number of hydrogen-bond donors (Lipinski definition) is 6. The molecule has 506 valence electrons. The maximum absolute atomic E-state index is 15.2. The number of fused-ring (bicyclic) bond motifs is 6. The Bertz CT molecular complexity index is 3270. The second kappa shape index (κ2) is 31.8. The molecular formula is C63H89ClN10O18. The predicted molar refractivity (Wildman–Crippen MR) is 336 cm³/mol. The number of halogens is 1. The van der Waals surface area contributed by atoms with E-state index in [2.05, 4.69) is 16.1 Å². The third kappa shape index (κ3) is 17.3. The van der Waals surface area contributed by atoms with Gasteiger partial charge in [-0.15, -0.1) is 0 Å². The van der Waals surface area contributed by atoms with E-state index in [0.29, 0.717) is 18.7 Å². The summed E-state index contributed by atoms with van der Waals surface area (Å²) >= 11 is 6.94. The van der Waals surface area contributed by atoms with E-state index >= 15 is 9.59 Å². The summed E-state index contributed by atoms with van der Waals surface area (Å²) in [5, 5.41) is 40.1. The molecule has 4 heterocycles. The van der Waals surface area contributed by atoms with Crippen molar-refractivity contribution in [3.8, 4) is 5.75 Å². The Hall–Kier alpha value is -7.70. The number of aryl methyl sites for hydroxylation is 1. The number of hydrogen-bond acceptors (Lipinski definition) is 20. The van der Waals surface area contributed by atoms with Gasteiger partial charge in [-0.3, -0.25) is 39.5 Å². The highest BCUT2D eigenvalue weighted by Crippen LogP contribution is 2.55. The molecule has 29 heteroatoms. The molecule has 3 aliphatic heterocycles. The van der Waals surface area contributed by atoms with Gasteiger partial charge in [0.15, 0.2) is 11.3 Å². The van der Waals surface area contributed by atoms with Crippen LogP contribution in [-0.4, -0.2) is 241 Å². The highest BCUT2D eigenvalue weighted by atomic mass is 35.5. The number of benzene rings is 2. The minimum Gasteiger partial charge on any atom is -0.495 e. The first-order valence-corrected chi connectivity index (χ1v) is 30.6. The number of carbonyl (C=O) groups is 9. The number of epoxide rings is 1. The number of likely N-dealkylation sites (N-methyl/N-ethyl adjacent to an activating group) is 2. The molecule has 28 nitrogen and oxygen atoms in total. The first-order chi connectivity index (χ1) is 43.4. The maximum atomic E-state index is 15.2. The Morgan fingerprint density at radius 3 is 2.18 bits per heavy atom. The second-order valence-corrected chi connectivity index (χ2v) is 24.0. The highest BCUT2D eigenvalue weighted by molar-refractivity contribution is 6.35. The van der Waals surface area contributed by atoms with Gasteiger partial charge in [0.2, 0.25) is 35.4 Å². The van der Waals surface area contributed by atoms with Crippen LogP contribution in [0.1, 0.15) is 78.5 Å². The summed E-state index contributed by atoms with van der Waals surface area (Å²) in [5.41, 5.74) is 2.40. The number of esters is 2. The van der Waals surface area contributed by atoms with Gasteiger partial charge in [0.25, 0.3) is 5.79 Å². The molecule has 0 radical (unpaired) electrons. The number of carbonyl (C=O) groups excluding carboxylic acids is 9. The number of nitrogens with one attached hydrogen (secondary N) is 3. The number of hydrazine groups is 1. The molecule has 92 heavy (non-hydrogen) atoms. The van der Waals surface area contributed by atoms with Crippen LogP contribution in [-0.2, 0) is 81.6 Å². The minimum absolute atomic E-state index is 0.0102. The van der Waals surface area contributed by atoms with Gasteiger partial charge < -0.3 is 78.1 Å². The van der Waals surface area contributed by atoms with Gasteiger partial charge in [-0.1, -0.05) is 60.5 Å². The molecular weight excluding hydrogens is 1220 g/mol. The lowest BCUT2D eigenvalue weighted by atomic mass is 9.82. The van der Waals surface area contributed by atoms with E-state index in [-0.39, 0.29) is 55.4 Å². The molecule has 3 aromatic rings. The van der Waals surface area contributed by atoms with Crippen molar-refractivity contribution < 1.29 is 86.9 Å². The Kier molecular flexibility index (Phi) is 25.3. The standard InChI is InChI=1S/C63H89ClN10O18/c1-38-17-16-20-50(88-13)62(86)33-49(89-60(85)67-62)39(2)57-61(6,90-57)63(91-58(83)40(3)69(9)42(5)77,34-53(80)71(11)47-30-43(29-38)31-48(87-12)56(47)64)92-59(84)41(4)70(10)52(79)22-23-72(25-27-75)55(82)37-73(26-28-76)54(81)35-66-51(78)21-24-74-45(36-68(8)65-7)32-44-18-14-15-19-46(44)74/h14-20,30-32,39-41,49-50,57,65,75-76,86H,21-29,33-37H2,1-13H3,(H,66,78)(H,67,85)/b20-16+,38-17+/t39-,40+,41?,49+,50?,57+,61-,62+,63-/m1/s1. The zero-order chi connectivity index (χ0) is 68.2. The zero-order valence-electron chi connectivity index (χ0n) is 54.6. The van der Waals surface area contributed by atoms with Gasteiger partial charge in [-0.2, -0.15) is 0 Å². The zero-order valence-corrected chi connectivity index (χ0v) is 55.4. The predicted octanol–water partition coefficient (Wildman–Crippen LogP) is 2.01. The monoisotopic (exact) mass is 1310 g/mol. The van der Waals surface area contributed by atoms with Gasteiger partial charge in [0, 0.05) is 105 Å². The number of amides is 7. The molecule has 9 atom stereocenters. The van der Waals surface area contributed by atoms with Crippen molar-refractivity contribution in [2.24, 2.45) is 5.92 Å². The number of allylic oxidation sites excluding steroid dienone is 3. The number of nitrogens with zero attached hydrogens (tertiary/aromatic N) is 7. The number of aromatic nitrogens is 1. The van der Waals surface area contributed by atoms with Crippen LogP contribution in [0.3, 0.4) is 0 Å². The molecule has 0 saturated carbocycles. The normalized spacial score (nSPS) is 23.9. The topological polar surface area (TPSA) is 333 Å². The first-order valence-electron chi connectivity index (χ1n) is 30.2. The number of alkyl carbamates (subject to hydrolysis) is 1. The Morgan fingerprint density at radius 2 is 1.55 bits per heavy atom. The number of aliphatic hydroxyl groups is 3. The van der Waals surface area contributed by atoms with Crippen LogP contribution in [0.25, 0.3) is 10.9 Å². The van der Waals surface area contributed by atoms with Crippen molar-refractivity contribution >= 4 is 81.7 Å². The summed E-state index contributed by atoms with van der Waals surface area (Å²) in [5.74, 6) is -9.99. The lowest BCUT2D eigenvalue weighted by Crippen LogP contribution is -2.64. The highest BCUT2D eigenvalue weighted by Gasteiger charge is 2.74. The largest absolute Gasteiger partial charge is 0.495 e. The van der Waals surface area contributed by atoms with E-state index in [1.165, 1.54) is 63.1 Å². The van der Waals surface area contributed by atoms with Crippen LogP contribution in [0.2, 0.25) is 5.02 Å². The van der Waals surface area contributed by atoms with Crippen molar-refractivity contribution in [1.29, 1.82) is 0 Å². The number of para-hydroxylation sites is 1. The Balaban J connectivity index is 1.25. The molecule has 6 rings (SSSR count). The van der Waals surface area contributed by atoms with Crippen LogP contribution >= 0.6 is 11.6 Å². The number of methoxy groups -OCH3 is 2. The summed E-state index contributed by atoms with van der Waals surface area (Å²) in [7, 11) is 10.4. The number of rotatable bonds is 25. The second-order valence-electron chi connectivity index (χ2n) is 23.6. The molecule has 1 aromatic heterocycles. The molecule has 3 aliphatic rings. The molecule has 4 bridgehead atoms. The van der Waals surface area contributed by atoms with Crippen LogP contribution in [0.5, 0.6) is 5.75 Å². The van der Waals surface area contributed by atoms with E-state index in [1.54, 1.807) is 44.3 Å². The Labute approximate surface area is 540 Å². The summed E-state index contributed by atoms with van der Waals surface area (Å²) in [4.78, 5) is 131. The fraction of sp³-hybridized carbons (Fsp3) is 0.571. The number of anilines is 1. The molecule has 7 amide bonds. The molecule has 2 saturated heterocycles. The van der Waals surface area contributed by atoms with Crippen molar-refractivity contribution in [1.82, 2.24) is 45.2 Å². The summed E-state index contributed by atoms with van der Waals surface area (Å²) in [6.45, 7) is 6.37. The quantitative estimate of drug-likeness (QED) is 0.0306. The maximum Gasteiger partial charge on any atom is 0.409 e. The van der Waals surface area contributed by atoms with Crippen LogP contribution in [0, 0.1) is 5.92 Å². The summed E-state index contributed by atoms with van der Waals surface area (Å²) < 4.78 is 38.3. The smallest absolute Gasteiger partial charge is 0.409 e. The average molecular weight is 1310 g/mol. The number of ether oxygens (including phenoxy) is 6. The van der Waals surface area contributed by atoms with Crippen LogP contribution in [0.4, 0.5) is 10.5 Å². The fourth-order valence-electron chi connectivity index (χ4n) is 11.2. The lowest BCUT2D eigenvalue weighted by Gasteiger charge is -2.42. The van der Waals surface area contributed by atoms with Gasteiger partial charge in [-0.05, 0) is 76.4 Å². The van der Waals surface area contributed by atoms with E-state index in [1.807, 2.05) is 53.9 Å². The van der Waals surface area contributed by atoms with Gasteiger partial charge in [-0.25, -0.2) is 19.4 Å². The van der Waals surface area contributed by atoms with Crippen molar-refractivity contribution in [3.63, 3.8) is 0 Å². The van der Waals surface area contributed by atoms with Crippen molar-refractivity contribution in [2.45, 2.75) is 134 Å². The first kappa shape index (κ1) is 73.4. The molecule has 2 unspecified atom stereocenters. The van der Waals surface area contributed by atoms with Gasteiger partial charge in [0.1, 0.15) is 47.6 Å². The SMILES string of the molecule is CNN(C)Cc1cc2ccccc2n1CCC(=O)NCC(=O)N(CCO)CC(=O)N(CCO)CCC(=O)N(C)C(C)C(=O)O[C@]1(OC(=O)[C@H](C)N(C)C(C)=O)CC(=O)N(C)c2cc(cc(OC)c2Cl)C/C(C)=C/C=C/C(OC)[C@@]2(O)C[C@H](OC(=O)N2)[C@@H](C)[C@@H]2O[C@]21C. The summed E-state index contributed by atoms with van der Waals surface area (Å²) in [6.07, 6.45) is -1.02. The fourth-order valence-corrected chi connectivity index (χ4v) is 11.5. The van der Waals surface area contributed by atoms with Crippen molar-refractivity contribution in [2.75, 3.05) is 100 Å². The molecule has 0 spiro atoms. The average Bonchev–Trinajstić information content (AvgIpc) is 1.54. The third-order valence-electron chi connectivity index (χ3n) is 17.4. The van der Waals surface area contributed by atoms with E-state index < -0.39 is 146 Å². The molecule has 6 N–H and O–H groups in total. The Morgan fingerprint density at radius 1 is 0.902 bits per heavy atom. The van der Waals surface area contributed by atoms with Crippen molar-refractivity contribution in [3.05, 3.63) is 82.5 Å². The number of aliphatic hydroxyl groups excluding tert-OH is 2. The van der Waals surface area contributed by atoms with Gasteiger partial charge in [0.05, 0.1) is 45.6 Å². The van der Waals surface area contributed by atoms with E-state index in [0.717, 1.165) is 46.7 Å². The molecule has 2 fully saturated rings. The lowest BCUT2D eigenvalue weighted by molar-refractivity contribution is -0.255. The van der Waals surface area contributed by atoms with Gasteiger partial charge >= 0.3 is 18.0 Å². The van der Waals surface area contributed by atoms with Crippen LogP contribution in [0.15, 0.2) is 66.3 Å². The summed E-state index contributed by atoms with van der Waals surface area (Å²) in [6, 6.07) is 10.2. The van der Waals surface area contributed by atoms with E-state index in [4.69, 9.17) is 40.0 Å². The molecule has 0 aliphatic carbocycles. The van der Waals surface area contributed by atoms with E-state index in [9.17, 15) is 48.9 Å². The van der Waals surface area contributed by atoms with Crippen LogP contribution < -0.4 is 25.7 Å².